The Morgan fingerprint density at radius 2 is 1.49 bits per heavy atom. The fraction of sp³-hybridized carbons (Fsp3) is 0.500. The van der Waals surface area contributed by atoms with Crippen molar-refractivity contribution in [1.29, 1.82) is 0 Å². The molecule has 3 heterocycles. The quantitative estimate of drug-likeness (QED) is 0.558. The molecule has 0 bridgehead atoms. The second-order valence-electron chi connectivity index (χ2n) is 8.82. The number of aromatic nitrogens is 2. The maximum Gasteiger partial charge on any atom is 0.246 e. The number of benzene rings is 1. The Morgan fingerprint density at radius 1 is 0.829 bits per heavy atom. The number of carbonyl (C=O) groups is 1. The number of aryl methyl sites for hydroxylation is 1. The Balaban J connectivity index is 1.39. The van der Waals surface area contributed by atoms with Crippen LogP contribution in [0.4, 0.5) is 11.8 Å². The van der Waals surface area contributed by atoms with Gasteiger partial charge in [0.2, 0.25) is 17.6 Å². The summed E-state index contributed by atoms with van der Waals surface area (Å²) in [6, 6.07) is 5.71. The molecule has 0 N–H and O–H groups in total. The fourth-order valence-electron chi connectivity index (χ4n) is 4.56. The lowest BCUT2D eigenvalue weighted by atomic mass is 10.1. The third-order valence-electron chi connectivity index (χ3n) is 6.49. The van der Waals surface area contributed by atoms with Crippen molar-refractivity contribution in [1.82, 2.24) is 14.9 Å². The molecular weight excluding hydrogens is 446 g/mol. The van der Waals surface area contributed by atoms with Gasteiger partial charge >= 0.3 is 0 Å². The molecular formula is C26H35N5O4. The molecule has 0 spiro atoms. The molecule has 2 aromatic rings. The number of anilines is 2. The first-order valence-electron chi connectivity index (χ1n) is 12.1. The van der Waals surface area contributed by atoms with Crippen LogP contribution in [0.15, 0.2) is 24.3 Å². The normalized spacial score (nSPS) is 16.5. The van der Waals surface area contributed by atoms with Crippen molar-refractivity contribution in [2.24, 2.45) is 0 Å². The molecule has 188 valence electrons. The van der Waals surface area contributed by atoms with Crippen LogP contribution >= 0.6 is 0 Å². The SMILES string of the molecule is COc1cc(/C=C/C(=O)N2CCN(c3nc(C)cc(N4CCCCC4)n3)CC2)cc(OC)c1OC. The minimum Gasteiger partial charge on any atom is -0.493 e. The first kappa shape index (κ1) is 24.6. The van der Waals surface area contributed by atoms with E-state index in [9.17, 15) is 4.79 Å². The zero-order chi connectivity index (χ0) is 24.8. The van der Waals surface area contributed by atoms with Crippen LogP contribution in [0, 0.1) is 6.92 Å². The van der Waals surface area contributed by atoms with Gasteiger partial charge in [0.15, 0.2) is 11.5 Å². The smallest absolute Gasteiger partial charge is 0.246 e. The molecule has 2 saturated heterocycles. The Bertz CT molecular complexity index is 1030. The summed E-state index contributed by atoms with van der Waals surface area (Å²) in [7, 11) is 4.71. The van der Waals surface area contributed by atoms with Gasteiger partial charge in [0.25, 0.3) is 0 Å². The Morgan fingerprint density at radius 3 is 2.09 bits per heavy atom. The van der Waals surface area contributed by atoms with Crippen LogP contribution in [0.2, 0.25) is 0 Å². The van der Waals surface area contributed by atoms with Crippen LogP contribution in [-0.2, 0) is 4.79 Å². The van der Waals surface area contributed by atoms with Gasteiger partial charge in [-0.2, -0.15) is 4.98 Å². The molecule has 2 aliphatic heterocycles. The number of piperidine rings is 1. The number of rotatable bonds is 7. The van der Waals surface area contributed by atoms with Crippen molar-refractivity contribution in [3.8, 4) is 17.2 Å². The largest absolute Gasteiger partial charge is 0.493 e. The van der Waals surface area contributed by atoms with E-state index in [2.05, 4.69) is 20.9 Å². The maximum atomic E-state index is 12.9. The predicted octanol–water partition coefficient (Wildman–Crippen LogP) is 3.16. The van der Waals surface area contributed by atoms with Gasteiger partial charge in [-0.15, -0.1) is 0 Å². The molecule has 1 aromatic carbocycles. The number of amides is 1. The van der Waals surface area contributed by atoms with E-state index in [0.717, 1.165) is 36.1 Å². The third-order valence-corrected chi connectivity index (χ3v) is 6.49. The molecule has 1 amide bonds. The highest BCUT2D eigenvalue weighted by Gasteiger charge is 2.23. The van der Waals surface area contributed by atoms with E-state index >= 15 is 0 Å². The van der Waals surface area contributed by atoms with Crippen LogP contribution in [-0.4, -0.2) is 81.4 Å². The number of piperazine rings is 1. The van der Waals surface area contributed by atoms with Gasteiger partial charge in [0, 0.05) is 57.1 Å². The zero-order valence-corrected chi connectivity index (χ0v) is 21.1. The van der Waals surface area contributed by atoms with Gasteiger partial charge in [-0.3, -0.25) is 4.79 Å². The molecule has 2 aliphatic rings. The summed E-state index contributed by atoms with van der Waals surface area (Å²) in [4.78, 5) is 28.8. The summed E-state index contributed by atoms with van der Waals surface area (Å²) in [6.07, 6.45) is 7.07. The van der Waals surface area contributed by atoms with Crippen molar-refractivity contribution in [2.45, 2.75) is 26.2 Å². The van der Waals surface area contributed by atoms with Crippen molar-refractivity contribution in [3.05, 3.63) is 35.5 Å². The average Bonchev–Trinajstić information content (AvgIpc) is 2.91. The zero-order valence-electron chi connectivity index (χ0n) is 21.1. The van der Waals surface area contributed by atoms with Crippen molar-refractivity contribution < 1.29 is 19.0 Å². The first-order valence-corrected chi connectivity index (χ1v) is 12.1. The van der Waals surface area contributed by atoms with E-state index in [4.69, 9.17) is 19.2 Å². The van der Waals surface area contributed by atoms with Gasteiger partial charge in [-0.25, -0.2) is 4.98 Å². The summed E-state index contributed by atoms with van der Waals surface area (Å²) in [5, 5.41) is 0. The van der Waals surface area contributed by atoms with E-state index in [0.29, 0.717) is 43.4 Å². The standard InChI is InChI=1S/C26H35N5O4/c1-19-16-23(29-10-6-5-7-11-29)28-26(27-19)31-14-12-30(13-15-31)24(32)9-8-20-17-21(33-2)25(35-4)22(18-20)34-3/h8-9,16-18H,5-7,10-15H2,1-4H3/b9-8+. The molecule has 9 nitrogen and oxygen atoms in total. The second-order valence-corrected chi connectivity index (χ2v) is 8.82. The van der Waals surface area contributed by atoms with Crippen molar-refractivity contribution in [3.63, 3.8) is 0 Å². The highest BCUT2D eigenvalue weighted by Crippen LogP contribution is 2.38. The Labute approximate surface area is 207 Å². The second kappa shape index (κ2) is 11.3. The van der Waals surface area contributed by atoms with Crippen LogP contribution in [0.25, 0.3) is 6.08 Å². The van der Waals surface area contributed by atoms with Gasteiger partial charge in [-0.1, -0.05) is 0 Å². The lowest BCUT2D eigenvalue weighted by molar-refractivity contribution is -0.126. The summed E-state index contributed by atoms with van der Waals surface area (Å²) in [6.45, 7) is 6.77. The molecule has 0 atom stereocenters. The average molecular weight is 482 g/mol. The van der Waals surface area contributed by atoms with E-state index in [-0.39, 0.29) is 5.91 Å². The van der Waals surface area contributed by atoms with Gasteiger partial charge < -0.3 is 28.9 Å². The van der Waals surface area contributed by atoms with Gasteiger partial charge in [0.05, 0.1) is 21.3 Å². The van der Waals surface area contributed by atoms with E-state index < -0.39 is 0 Å². The number of hydrogen-bond acceptors (Lipinski definition) is 8. The summed E-state index contributed by atoms with van der Waals surface area (Å²) in [5.41, 5.74) is 1.77. The van der Waals surface area contributed by atoms with E-state index in [1.54, 1.807) is 33.5 Å². The van der Waals surface area contributed by atoms with E-state index in [1.165, 1.54) is 19.3 Å². The minimum atomic E-state index is -0.0300. The van der Waals surface area contributed by atoms with Crippen molar-refractivity contribution >= 4 is 23.7 Å². The minimum absolute atomic E-state index is 0.0300. The lowest BCUT2D eigenvalue weighted by Gasteiger charge is -2.35. The fourth-order valence-corrected chi connectivity index (χ4v) is 4.56. The van der Waals surface area contributed by atoms with Gasteiger partial charge in [0.1, 0.15) is 5.82 Å². The topological polar surface area (TPSA) is 80.3 Å². The van der Waals surface area contributed by atoms with E-state index in [1.807, 2.05) is 24.0 Å². The Kier molecular flexibility index (Phi) is 7.94. The lowest BCUT2D eigenvalue weighted by Crippen LogP contribution is -2.49. The molecule has 0 saturated carbocycles. The van der Waals surface area contributed by atoms with Crippen molar-refractivity contribution in [2.75, 3.05) is 70.4 Å². The highest BCUT2D eigenvalue weighted by atomic mass is 16.5. The summed E-state index contributed by atoms with van der Waals surface area (Å²) >= 11 is 0. The van der Waals surface area contributed by atoms with Crippen LogP contribution < -0.4 is 24.0 Å². The maximum absolute atomic E-state index is 12.9. The Hall–Kier alpha value is -3.49. The molecule has 35 heavy (non-hydrogen) atoms. The van der Waals surface area contributed by atoms with Crippen LogP contribution in [0.3, 0.4) is 0 Å². The molecule has 2 fully saturated rings. The number of methoxy groups -OCH3 is 3. The number of hydrogen-bond donors (Lipinski definition) is 0. The number of ether oxygens (including phenoxy) is 3. The predicted molar refractivity (Wildman–Crippen MR) is 137 cm³/mol. The number of carbonyl (C=O) groups excluding carboxylic acids is 1. The summed E-state index contributed by atoms with van der Waals surface area (Å²) < 4.78 is 16.2. The molecule has 0 unspecified atom stereocenters. The van der Waals surface area contributed by atoms with Crippen LogP contribution in [0.1, 0.15) is 30.5 Å². The molecule has 0 radical (unpaired) electrons. The first-order chi connectivity index (χ1) is 17.0. The molecule has 1 aromatic heterocycles. The summed E-state index contributed by atoms with van der Waals surface area (Å²) in [5.74, 6) is 3.36. The third kappa shape index (κ3) is 5.78. The number of nitrogens with zero attached hydrogens (tertiary/aromatic N) is 5. The molecule has 9 heteroatoms. The molecule has 0 aliphatic carbocycles. The monoisotopic (exact) mass is 481 g/mol. The van der Waals surface area contributed by atoms with Crippen LogP contribution in [0.5, 0.6) is 17.2 Å². The highest BCUT2D eigenvalue weighted by molar-refractivity contribution is 5.92. The molecule has 4 rings (SSSR count). The van der Waals surface area contributed by atoms with Gasteiger partial charge in [-0.05, 0) is 50.0 Å².